The number of rotatable bonds is 5. The van der Waals surface area contributed by atoms with Crippen molar-refractivity contribution in [3.8, 4) is 0 Å². The summed E-state index contributed by atoms with van der Waals surface area (Å²) in [6.07, 6.45) is -6.53. The Morgan fingerprint density at radius 1 is 1.18 bits per heavy atom. The molecule has 0 aliphatic carbocycles. The van der Waals surface area contributed by atoms with Crippen molar-refractivity contribution < 1.29 is 34.3 Å². The van der Waals surface area contributed by atoms with Crippen LogP contribution in [-0.2, 0) is 25.6 Å². The molecular formula is C15H20O7. The van der Waals surface area contributed by atoms with Gasteiger partial charge in [0.15, 0.2) is 12.4 Å². The molecule has 1 aromatic rings. The molecule has 22 heavy (non-hydrogen) atoms. The average molecular weight is 312 g/mol. The van der Waals surface area contributed by atoms with E-state index in [1.54, 1.807) is 0 Å². The number of aliphatic hydroxyl groups excluding tert-OH is 3. The normalized spacial score (nSPS) is 31.7. The second-order valence-electron chi connectivity index (χ2n) is 5.12. The first-order chi connectivity index (χ1) is 10.5. The lowest BCUT2D eigenvalue weighted by Gasteiger charge is -2.39. The van der Waals surface area contributed by atoms with Crippen LogP contribution in [0.4, 0.5) is 0 Å². The fourth-order valence-corrected chi connectivity index (χ4v) is 2.24. The molecule has 1 aliphatic rings. The van der Waals surface area contributed by atoms with Crippen molar-refractivity contribution >= 4 is 5.97 Å². The van der Waals surface area contributed by atoms with Crippen molar-refractivity contribution in [2.45, 2.75) is 44.2 Å². The van der Waals surface area contributed by atoms with Gasteiger partial charge in [-0.1, -0.05) is 30.3 Å². The molecule has 1 aliphatic heterocycles. The lowest BCUT2D eigenvalue weighted by Crippen LogP contribution is -2.59. The van der Waals surface area contributed by atoms with Crippen LogP contribution in [0.1, 0.15) is 12.5 Å². The predicted molar refractivity (Wildman–Crippen MR) is 74.5 cm³/mol. The van der Waals surface area contributed by atoms with Gasteiger partial charge in [0.2, 0.25) is 0 Å². The van der Waals surface area contributed by atoms with E-state index in [2.05, 4.69) is 0 Å². The van der Waals surface area contributed by atoms with Crippen molar-refractivity contribution in [2.75, 3.05) is 6.61 Å². The average Bonchev–Trinajstić information content (AvgIpc) is 2.49. The van der Waals surface area contributed by atoms with Gasteiger partial charge in [0.25, 0.3) is 0 Å². The van der Waals surface area contributed by atoms with E-state index in [4.69, 9.17) is 14.2 Å². The van der Waals surface area contributed by atoms with Gasteiger partial charge in [-0.2, -0.15) is 0 Å². The van der Waals surface area contributed by atoms with Crippen LogP contribution in [0.15, 0.2) is 30.3 Å². The maximum absolute atomic E-state index is 10.9. The SMILES string of the molecule is CC(=O)OC1C(O)OC(COCc2ccccc2)C(O)C1O. The quantitative estimate of drug-likeness (QED) is 0.634. The van der Waals surface area contributed by atoms with E-state index in [0.29, 0.717) is 6.61 Å². The Balaban J connectivity index is 1.86. The van der Waals surface area contributed by atoms with Crippen LogP contribution in [0.3, 0.4) is 0 Å². The van der Waals surface area contributed by atoms with Gasteiger partial charge in [-0.05, 0) is 5.56 Å². The molecular weight excluding hydrogens is 292 g/mol. The topological polar surface area (TPSA) is 105 Å². The van der Waals surface area contributed by atoms with Gasteiger partial charge >= 0.3 is 5.97 Å². The predicted octanol–water partition coefficient (Wildman–Crippen LogP) is -0.426. The van der Waals surface area contributed by atoms with Crippen LogP contribution < -0.4 is 0 Å². The standard InChI is InChI=1S/C15H20O7/c1-9(16)21-14-13(18)12(17)11(22-15(14)19)8-20-7-10-5-3-2-4-6-10/h2-6,11-15,17-19H,7-8H2,1H3. The minimum absolute atomic E-state index is 0.0169. The van der Waals surface area contributed by atoms with Gasteiger partial charge in [0.1, 0.15) is 18.3 Å². The Morgan fingerprint density at radius 3 is 2.50 bits per heavy atom. The van der Waals surface area contributed by atoms with Gasteiger partial charge in [-0.25, -0.2) is 0 Å². The van der Waals surface area contributed by atoms with Crippen LogP contribution in [0.25, 0.3) is 0 Å². The monoisotopic (exact) mass is 312 g/mol. The molecule has 0 radical (unpaired) electrons. The Kier molecular flexibility index (Phi) is 5.87. The highest BCUT2D eigenvalue weighted by molar-refractivity contribution is 5.66. The highest BCUT2D eigenvalue weighted by atomic mass is 16.7. The molecule has 5 unspecified atom stereocenters. The third kappa shape index (κ3) is 4.25. The maximum Gasteiger partial charge on any atom is 0.303 e. The van der Waals surface area contributed by atoms with Crippen molar-refractivity contribution in [1.82, 2.24) is 0 Å². The third-order valence-corrected chi connectivity index (χ3v) is 3.36. The first-order valence-corrected chi connectivity index (χ1v) is 6.97. The lowest BCUT2D eigenvalue weighted by atomic mass is 9.99. The van der Waals surface area contributed by atoms with E-state index in [1.165, 1.54) is 0 Å². The number of esters is 1. The maximum atomic E-state index is 10.9. The van der Waals surface area contributed by atoms with E-state index in [0.717, 1.165) is 12.5 Å². The van der Waals surface area contributed by atoms with E-state index in [-0.39, 0.29) is 6.61 Å². The first kappa shape index (κ1) is 16.9. The number of hydrogen-bond donors (Lipinski definition) is 3. The van der Waals surface area contributed by atoms with Gasteiger partial charge in [-0.15, -0.1) is 0 Å². The zero-order valence-electron chi connectivity index (χ0n) is 12.2. The molecule has 122 valence electrons. The zero-order chi connectivity index (χ0) is 16.1. The Morgan fingerprint density at radius 2 is 1.86 bits per heavy atom. The van der Waals surface area contributed by atoms with Crippen LogP contribution in [0.5, 0.6) is 0 Å². The minimum atomic E-state index is -1.52. The summed E-state index contributed by atoms with van der Waals surface area (Å²) in [6.45, 7) is 1.44. The Bertz CT molecular complexity index is 478. The summed E-state index contributed by atoms with van der Waals surface area (Å²) in [4.78, 5) is 10.9. The fourth-order valence-electron chi connectivity index (χ4n) is 2.24. The Labute approximate surface area is 128 Å². The van der Waals surface area contributed by atoms with E-state index in [9.17, 15) is 20.1 Å². The molecule has 0 spiro atoms. The van der Waals surface area contributed by atoms with Crippen molar-refractivity contribution in [3.63, 3.8) is 0 Å². The van der Waals surface area contributed by atoms with E-state index in [1.807, 2.05) is 30.3 Å². The van der Waals surface area contributed by atoms with Crippen molar-refractivity contribution in [1.29, 1.82) is 0 Å². The summed E-state index contributed by atoms with van der Waals surface area (Å²) >= 11 is 0. The van der Waals surface area contributed by atoms with Crippen molar-refractivity contribution in [3.05, 3.63) is 35.9 Å². The molecule has 2 rings (SSSR count). The van der Waals surface area contributed by atoms with Gasteiger partial charge in [-0.3, -0.25) is 4.79 Å². The van der Waals surface area contributed by atoms with Gasteiger partial charge in [0.05, 0.1) is 13.2 Å². The van der Waals surface area contributed by atoms with E-state index < -0.39 is 36.7 Å². The minimum Gasteiger partial charge on any atom is -0.454 e. The van der Waals surface area contributed by atoms with Crippen molar-refractivity contribution in [2.24, 2.45) is 0 Å². The molecule has 1 heterocycles. The number of benzene rings is 1. The Hall–Kier alpha value is -1.51. The molecule has 0 amide bonds. The van der Waals surface area contributed by atoms with Crippen LogP contribution in [0.2, 0.25) is 0 Å². The second kappa shape index (κ2) is 7.66. The molecule has 7 nitrogen and oxygen atoms in total. The molecule has 1 fully saturated rings. The second-order valence-corrected chi connectivity index (χ2v) is 5.12. The van der Waals surface area contributed by atoms with Crippen LogP contribution in [0, 0.1) is 0 Å². The highest BCUT2D eigenvalue weighted by Gasteiger charge is 2.45. The molecule has 1 aromatic carbocycles. The molecule has 3 N–H and O–H groups in total. The molecule has 0 bridgehead atoms. The molecule has 0 aromatic heterocycles. The van der Waals surface area contributed by atoms with Crippen LogP contribution in [-0.4, -0.2) is 58.6 Å². The molecule has 5 atom stereocenters. The number of carbonyl (C=O) groups excluding carboxylic acids is 1. The number of hydrogen-bond acceptors (Lipinski definition) is 7. The molecule has 1 saturated heterocycles. The summed E-state index contributed by atoms with van der Waals surface area (Å²) in [6, 6.07) is 9.42. The number of ether oxygens (including phenoxy) is 3. The summed E-state index contributed by atoms with van der Waals surface area (Å²) in [5.41, 5.74) is 0.951. The van der Waals surface area contributed by atoms with Crippen LogP contribution >= 0.6 is 0 Å². The lowest BCUT2D eigenvalue weighted by molar-refractivity contribution is -0.292. The summed E-state index contributed by atoms with van der Waals surface area (Å²) in [5.74, 6) is -0.683. The smallest absolute Gasteiger partial charge is 0.303 e. The fraction of sp³-hybridized carbons (Fsp3) is 0.533. The highest BCUT2D eigenvalue weighted by Crippen LogP contribution is 2.23. The zero-order valence-corrected chi connectivity index (χ0v) is 12.2. The number of aliphatic hydroxyl groups is 3. The van der Waals surface area contributed by atoms with Gasteiger partial charge < -0.3 is 29.5 Å². The van der Waals surface area contributed by atoms with E-state index >= 15 is 0 Å². The summed E-state index contributed by atoms with van der Waals surface area (Å²) in [5, 5.41) is 29.7. The largest absolute Gasteiger partial charge is 0.454 e. The first-order valence-electron chi connectivity index (χ1n) is 6.97. The molecule has 7 heteroatoms. The summed E-state index contributed by atoms with van der Waals surface area (Å²) in [7, 11) is 0. The third-order valence-electron chi connectivity index (χ3n) is 3.36. The van der Waals surface area contributed by atoms with Gasteiger partial charge in [0, 0.05) is 6.92 Å². The molecule has 0 saturated carbocycles. The number of carbonyl (C=O) groups is 1. The summed E-state index contributed by atoms with van der Waals surface area (Å²) < 4.78 is 15.3.